The molecule has 0 spiro atoms. The molecule has 0 N–H and O–H groups in total. The minimum absolute atomic E-state index is 0. The van der Waals surface area contributed by atoms with Gasteiger partial charge in [0.2, 0.25) is 0 Å². The van der Waals surface area contributed by atoms with E-state index in [0.717, 1.165) is 31.3 Å². The molecule has 5 atom stereocenters. The van der Waals surface area contributed by atoms with E-state index in [0.29, 0.717) is 0 Å². The van der Waals surface area contributed by atoms with Gasteiger partial charge in [0.25, 0.3) is 0 Å². The number of hydrogen-bond acceptors (Lipinski definition) is 13. The Kier molecular flexibility index (Phi) is 169. The van der Waals surface area contributed by atoms with Crippen LogP contribution in [0.3, 0.4) is 0 Å². The van der Waals surface area contributed by atoms with E-state index < -0.39 is 63.3 Å². The van der Waals surface area contributed by atoms with E-state index in [1.165, 1.54) is 0 Å². The van der Waals surface area contributed by atoms with Gasteiger partial charge in [-0.1, -0.05) is 55.4 Å². The predicted molar refractivity (Wildman–Crippen MR) is 82.9 cm³/mol. The van der Waals surface area contributed by atoms with Gasteiger partial charge in [-0.25, -0.2) is 4.20 Å². The molecule has 0 rings (SSSR count). The maximum Gasteiger partial charge on any atom is 1.00 e. The zero-order valence-corrected chi connectivity index (χ0v) is 25.2. The minimum Gasteiger partial charge on any atom is -0.786 e. The van der Waals surface area contributed by atoms with E-state index in [-0.39, 0.29) is 132 Å². The van der Waals surface area contributed by atoms with Crippen molar-refractivity contribution in [3.63, 3.8) is 0 Å². The summed E-state index contributed by atoms with van der Waals surface area (Å²) in [5, 5.41) is 0. The molecular formula is C5H15FLi7O13PS5. The van der Waals surface area contributed by atoms with Crippen LogP contribution >= 0.6 is 7.91 Å². The van der Waals surface area contributed by atoms with Crippen LogP contribution in [-0.2, 0) is 60.0 Å². The van der Waals surface area contributed by atoms with Gasteiger partial charge < -0.3 is 37.1 Å². The fraction of sp³-hybridized carbons (Fsp3) is 1.00. The Morgan fingerprint density at radius 1 is 0.469 bits per heavy atom. The molecule has 0 amide bonds. The van der Waals surface area contributed by atoms with Gasteiger partial charge in [0, 0.05) is 0 Å². The SMILES string of the molecule is CS(=O)[O-].CS(=O)[O-].CS(=O)[O-].CS(=O)[O-].CS(=O)[O-].O=P([O-])([O-])F.[Li+].[Li+].[Li+].[Li+].[Li+].[Li+].[Li+]. The van der Waals surface area contributed by atoms with Gasteiger partial charge >= 0.3 is 132 Å². The van der Waals surface area contributed by atoms with Crippen molar-refractivity contribution in [2.45, 2.75) is 0 Å². The summed E-state index contributed by atoms with van der Waals surface area (Å²) in [5.41, 5.74) is 0. The fourth-order valence-electron chi connectivity index (χ4n) is 0. The molecule has 27 heteroatoms. The van der Waals surface area contributed by atoms with Crippen molar-refractivity contribution >= 4 is 63.3 Å². The summed E-state index contributed by atoms with van der Waals surface area (Å²) in [6.45, 7) is 0. The van der Waals surface area contributed by atoms with Gasteiger partial charge in [-0.3, -0.25) is 21.0 Å². The molecule has 32 heavy (non-hydrogen) atoms. The monoisotopic (exact) mass is 542 g/mol. The normalized spacial score (nSPS) is 11.5. The zero-order valence-electron chi connectivity index (χ0n) is 20.2. The maximum absolute atomic E-state index is 10.1. The van der Waals surface area contributed by atoms with Gasteiger partial charge in [-0.2, -0.15) is 0 Å². The van der Waals surface area contributed by atoms with Crippen LogP contribution < -0.4 is 142 Å². The minimum atomic E-state index is -5.64. The third-order valence-corrected chi connectivity index (χ3v) is 0. The quantitative estimate of drug-likeness (QED) is 0.157. The number of hydrogen-bond donors (Lipinski definition) is 0. The molecule has 0 saturated carbocycles. The summed E-state index contributed by atoms with van der Waals surface area (Å²) in [6, 6.07) is 0. The summed E-state index contributed by atoms with van der Waals surface area (Å²) in [4.78, 5) is 16.9. The second-order valence-electron chi connectivity index (χ2n) is 2.44. The third kappa shape index (κ3) is 1720. The smallest absolute Gasteiger partial charge is 0.786 e. The van der Waals surface area contributed by atoms with Crippen LogP contribution in [0.15, 0.2) is 0 Å². The Bertz CT molecular complexity index is 365. The van der Waals surface area contributed by atoms with Gasteiger partial charge in [-0.15, -0.1) is 0 Å². The second kappa shape index (κ2) is 65.1. The van der Waals surface area contributed by atoms with Crippen molar-refractivity contribution in [2.24, 2.45) is 0 Å². The standard InChI is InChI=1S/5CH4O2S.FH2O3P.7Li/c5*1-4(2)3;1-5(2,3)4;;;;;;;/h5*1H3,(H,2,3);(H2,2,3,4);;;;;;;/q;;;;;;7*+1/p-7. The first-order valence-electron chi connectivity index (χ1n) is 4.42. The molecule has 0 aliphatic carbocycles. The largest absolute Gasteiger partial charge is 1.00 e. The van der Waals surface area contributed by atoms with E-state index in [1.807, 2.05) is 0 Å². The van der Waals surface area contributed by atoms with Crippen LogP contribution in [-0.4, -0.2) is 75.1 Å². The summed E-state index contributed by atoms with van der Waals surface area (Å²) in [5.74, 6) is 0. The Balaban J connectivity index is -0.0000000118. The van der Waals surface area contributed by atoms with Crippen molar-refractivity contribution in [1.29, 1.82) is 0 Å². The third-order valence-electron chi connectivity index (χ3n) is 0. The first-order chi connectivity index (χ1) is 10.7. The van der Waals surface area contributed by atoms with Gasteiger partial charge in [0.1, 0.15) is 7.91 Å². The molecule has 0 aromatic carbocycles. The molecule has 0 aromatic rings. The molecule has 0 aromatic heterocycles. The Hall–Kier alpha value is 4.81. The average molecular weight is 542 g/mol. The van der Waals surface area contributed by atoms with E-state index in [9.17, 15) is 4.20 Å². The first kappa shape index (κ1) is 83.3. The zero-order chi connectivity index (χ0) is 22.4. The molecule has 0 aliphatic heterocycles. The Labute approximate surface area is 285 Å². The van der Waals surface area contributed by atoms with Crippen LogP contribution in [0.25, 0.3) is 0 Å². The molecule has 0 bridgehead atoms. The second-order valence-corrected chi connectivity index (χ2v) is 7.31. The molecule has 0 fully saturated rings. The van der Waals surface area contributed by atoms with Crippen molar-refractivity contribution < 1.29 is 194 Å². The van der Waals surface area contributed by atoms with Crippen LogP contribution in [0.1, 0.15) is 0 Å². The van der Waals surface area contributed by atoms with Crippen LogP contribution in [0, 0.1) is 0 Å². The maximum atomic E-state index is 10.1. The van der Waals surface area contributed by atoms with Crippen LogP contribution in [0.2, 0.25) is 0 Å². The Morgan fingerprint density at radius 3 is 0.469 bits per heavy atom. The summed E-state index contributed by atoms with van der Waals surface area (Å²) in [7, 11) is -5.64. The predicted octanol–water partition coefficient (Wildman–Crippen LogP) is -24.7. The molecule has 0 heterocycles. The molecule has 13 nitrogen and oxygen atoms in total. The summed E-state index contributed by atoms with van der Waals surface area (Å²) < 4.78 is 109. The fourth-order valence-corrected chi connectivity index (χ4v) is 0. The number of rotatable bonds is 0. The number of halogens is 1. The van der Waals surface area contributed by atoms with Crippen molar-refractivity contribution in [2.75, 3.05) is 31.3 Å². The van der Waals surface area contributed by atoms with E-state index >= 15 is 0 Å². The van der Waals surface area contributed by atoms with E-state index in [1.54, 1.807) is 0 Å². The van der Waals surface area contributed by atoms with Gasteiger partial charge in [0.15, 0.2) is 0 Å². The van der Waals surface area contributed by atoms with Crippen molar-refractivity contribution in [3.8, 4) is 0 Å². The summed E-state index contributed by atoms with van der Waals surface area (Å²) in [6.07, 6.45) is 5.42. The van der Waals surface area contributed by atoms with Crippen LogP contribution in [0.4, 0.5) is 4.20 Å². The first-order valence-corrected chi connectivity index (χ1v) is 13.3. The summed E-state index contributed by atoms with van der Waals surface area (Å²) >= 11 is -9.31. The van der Waals surface area contributed by atoms with Crippen LogP contribution in [0.5, 0.6) is 0 Å². The topological polar surface area (TPSA) is 264 Å². The van der Waals surface area contributed by atoms with Crippen molar-refractivity contribution in [1.82, 2.24) is 0 Å². The molecule has 162 valence electrons. The van der Waals surface area contributed by atoms with Crippen molar-refractivity contribution in [3.05, 3.63) is 0 Å². The van der Waals surface area contributed by atoms with E-state index in [2.05, 4.69) is 0 Å². The molecule has 0 saturated heterocycles. The molecule has 0 aliphatic rings. The van der Waals surface area contributed by atoms with Gasteiger partial charge in [0.05, 0.1) is 0 Å². The van der Waals surface area contributed by atoms with Gasteiger partial charge in [-0.05, 0) is 31.3 Å². The van der Waals surface area contributed by atoms with E-state index in [4.69, 9.17) is 58.2 Å². The molecular weight excluding hydrogens is 527 g/mol. The molecule has 0 radical (unpaired) electrons. The Morgan fingerprint density at radius 2 is 0.469 bits per heavy atom. The molecule has 5 unspecified atom stereocenters. The average Bonchev–Trinajstić information content (AvgIpc) is 2.06.